The van der Waals surface area contributed by atoms with E-state index in [9.17, 15) is 35.1 Å². The average molecular weight is 936 g/mol. The van der Waals surface area contributed by atoms with Gasteiger partial charge in [0, 0.05) is 65.7 Å². The highest BCUT2D eigenvalue weighted by molar-refractivity contribution is 7.73. The number of rotatable bonds is 15. The molecular formula is C48H92N2O13P+. The summed E-state index contributed by atoms with van der Waals surface area (Å²) in [6.07, 6.45) is -2.89. The SMILES string of the molecule is CC[C@H]1OC(=O)[C@H](C)[C@@H](O[C@H]2C[C@@](C)(OC)[C@@H](O)[C@H](C)O2)[C@H](C)[C@@H](O[C@@H]2O[C@H](C)C[C@H](N(C)C)[C@H]2O)[C@](C)(O)C[C@@H](C)CN(C(=O)CCCCCCC[P+](C)(C)C)[C@H](C)[C@@H](O)[C@]1(C)O. The number of esters is 1. The molecule has 3 rings (SSSR count). The highest BCUT2D eigenvalue weighted by Gasteiger charge is 2.53. The molecule has 0 aromatic carbocycles. The first-order valence-corrected chi connectivity index (χ1v) is 27.5. The summed E-state index contributed by atoms with van der Waals surface area (Å²) in [4.78, 5) is 32.3. The van der Waals surface area contributed by atoms with Crippen molar-refractivity contribution >= 4 is 19.1 Å². The largest absolute Gasteiger partial charge is 0.459 e. The van der Waals surface area contributed by atoms with Gasteiger partial charge in [0.1, 0.15) is 30.0 Å². The smallest absolute Gasteiger partial charge is 0.311 e. The molecule has 0 aromatic heterocycles. The van der Waals surface area contributed by atoms with Crippen molar-refractivity contribution in [3.63, 3.8) is 0 Å². The van der Waals surface area contributed by atoms with Crippen LogP contribution in [0, 0.1) is 17.8 Å². The van der Waals surface area contributed by atoms with E-state index in [1.807, 2.05) is 32.8 Å². The molecule has 0 bridgehead atoms. The first-order valence-electron chi connectivity index (χ1n) is 24.1. The van der Waals surface area contributed by atoms with Crippen LogP contribution < -0.4 is 0 Å². The standard InChI is InChI=1S/C48H92N2O13P/c1-17-36-48(10,57)41(53)33(6)50(37(51)23-21-19-18-20-22-24-64(14,15)16)28-29(2)26-46(8,56)43(63-45-39(52)35(49(11)12)25-30(3)59-45)31(4)40(32(5)44(55)61-36)62-38-27-47(9,58-13)42(54)34(7)60-38/h29-36,38-43,45,52-54,56-57H,17-28H2,1-16H3/q+1/t29-,30-,31+,32-,33-,34+,35+,36-,38+,39-,40+,41-,42+,43-,45+,46-,47-,48-/m1/s1. The van der Waals surface area contributed by atoms with Gasteiger partial charge < -0.3 is 63.8 Å². The number of carbonyl (C=O) groups is 2. The lowest BCUT2D eigenvalue weighted by atomic mass is 9.77. The van der Waals surface area contributed by atoms with E-state index in [-0.39, 0.29) is 56.2 Å². The van der Waals surface area contributed by atoms with Crippen molar-refractivity contribution in [2.24, 2.45) is 17.8 Å². The Balaban J connectivity index is 2.13. The number of cyclic esters (lactones) is 1. The molecule has 3 aliphatic rings. The molecular weight excluding hydrogens is 844 g/mol. The van der Waals surface area contributed by atoms with Gasteiger partial charge in [-0.15, -0.1) is 0 Å². The van der Waals surface area contributed by atoms with E-state index in [1.54, 1.807) is 53.4 Å². The van der Waals surface area contributed by atoms with Crippen molar-refractivity contribution in [2.75, 3.05) is 53.9 Å². The third-order valence-electron chi connectivity index (χ3n) is 14.5. The maximum Gasteiger partial charge on any atom is 0.311 e. The Morgan fingerprint density at radius 2 is 1.50 bits per heavy atom. The van der Waals surface area contributed by atoms with Crippen LogP contribution in [-0.4, -0.2) is 191 Å². The van der Waals surface area contributed by atoms with Crippen LogP contribution in [0.1, 0.15) is 133 Å². The molecule has 3 aliphatic heterocycles. The Bertz CT molecular complexity index is 1450. The Kier molecular flexibility index (Phi) is 21.4. The van der Waals surface area contributed by atoms with E-state index in [2.05, 4.69) is 20.0 Å². The second-order valence-corrected chi connectivity index (χ2v) is 26.8. The van der Waals surface area contributed by atoms with E-state index in [0.29, 0.717) is 12.8 Å². The molecule has 3 heterocycles. The number of amides is 1. The number of unbranched alkanes of at least 4 members (excludes halogenated alkanes) is 4. The van der Waals surface area contributed by atoms with Crippen LogP contribution in [0.5, 0.6) is 0 Å². The van der Waals surface area contributed by atoms with E-state index >= 15 is 0 Å². The average Bonchev–Trinajstić information content (AvgIpc) is 3.20. The summed E-state index contributed by atoms with van der Waals surface area (Å²) in [7, 11) is 4.42. The van der Waals surface area contributed by atoms with Gasteiger partial charge in [-0.3, -0.25) is 9.59 Å². The first kappa shape index (κ1) is 57.2. The van der Waals surface area contributed by atoms with Crippen LogP contribution in [0.3, 0.4) is 0 Å². The van der Waals surface area contributed by atoms with Gasteiger partial charge in [0.2, 0.25) is 5.91 Å². The molecule has 16 heteroatoms. The number of ether oxygens (including phenoxy) is 6. The second kappa shape index (κ2) is 24.0. The van der Waals surface area contributed by atoms with Crippen molar-refractivity contribution in [1.29, 1.82) is 0 Å². The molecule has 18 atom stereocenters. The number of methoxy groups -OCH3 is 1. The predicted octanol–water partition coefficient (Wildman–Crippen LogP) is 5.05. The summed E-state index contributed by atoms with van der Waals surface area (Å²) < 4.78 is 38.0. The molecule has 0 unspecified atom stereocenters. The van der Waals surface area contributed by atoms with E-state index in [1.165, 1.54) is 26.6 Å². The van der Waals surface area contributed by atoms with Crippen LogP contribution in [0.4, 0.5) is 0 Å². The first-order chi connectivity index (χ1) is 29.5. The highest BCUT2D eigenvalue weighted by Crippen LogP contribution is 2.47. The predicted molar refractivity (Wildman–Crippen MR) is 251 cm³/mol. The lowest BCUT2D eigenvalue weighted by molar-refractivity contribution is -0.318. The fourth-order valence-corrected chi connectivity index (χ4v) is 11.5. The zero-order valence-electron chi connectivity index (χ0n) is 42.5. The number of likely N-dealkylation sites (N-methyl/N-ethyl adjacent to an activating group) is 1. The van der Waals surface area contributed by atoms with Crippen molar-refractivity contribution in [1.82, 2.24) is 9.80 Å². The van der Waals surface area contributed by atoms with Gasteiger partial charge in [-0.05, 0) is 107 Å². The molecule has 64 heavy (non-hydrogen) atoms. The lowest BCUT2D eigenvalue weighted by Crippen LogP contribution is -2.60. The fourth-order valence-electron chi connectivity index (χ4n) is 10.4. The molecule has 0 radical (unpaired) electrons. The fraction of sp³-hybridized carbons (Fsp3) is 0.958. The van der Waals surface area contributed by atoms with E-state index in [0.717, 1.165) is 19.3 Å². The van der Waals surface area contributed by atoms with Crippen molar-refractivity contribution < 1.29 is 63.5 Å². The van der Waals surface area contributed by atoms with E-state index < -0.39 is 103 Å². The Labute approximate surface area is 386 Å². The monoisotopic (exact) mass is 936 g/mol. The number of hydrogen-bond donors (Lipinski definition) is 5. The van der Waals surface area contributed by atoms with Crippen LogP contribution >= 0.6 is 7.26 Å². The molecule has 0 saturated carbocycles. The third kappa shape index (κ3) is 15.0. The molecule has 3 saturated heterocycles. The minimum Gasteiger partial charge on any atom is -0.459 e. The molecule has 0 aromatic rings. The maximum absolute atomic E-state index is 14.5. The van der Waals surface area contributed by atoms with Gasteiger partial charge in [0.05, 0.1) is 53.7 Å². The zero-order chi connectivity index (χ0) is 48.7. The molecule has 3 fully saturated rings. The third-order valence-corrected chi connectivity index (χ3v) is 16.1. The highest BCUT2D eigenvalue weighted by atomic mass is 31.2. The topological polar surface area (TPSA) is 197 Å². The molecule has 0 spiro atoms. The summed E-state index contributed by atoms with van der Waals surface area (Å²) in [5.74, 6) is -3.19. The van der Waals surface area contributed by atoms with Crippen molar-refractivity contribution in [3.8, 4) is 0 Å². The van der Waals surface area contributed by atoms with Gasteiger partial charge in [0.15, 0.2) is 12.6 Å². The molecule has 0 aliphatic carbocycles. The van der Waals surface area contributed by atoms with Crippen LogP contribution in [-0.2, 0) is 38.0 Å². The Morgan fingerprint density at radius 1 is 0.891 bits per heavy atom. The number of aliphatic hydroxyl groups is 5. The number of nitrogens with zero attached hydrogens (tertiary/aromatic N) is 2. The molecule has 376 valence electrons. The summed E-state index contributed by atoms with van der Waals surface area (Å²) in [6.45, 7) is 24.4. The van der Waals surface area contributed by atoms with Crippen LogP contribution in [0.25, 0.3) is 0 Å². The maximum atomic E-state index is 14.5. The Hall–Kier alpha value is -1.07. The number of hydrogen-bond acceptors (Lipinski definition) is 14. The second-order valence-electron chi connectivity index (χ2n) is 21.8. The zero-order valence-corrected chi connectivity index (χ0v) is 43.4. The van der Waals surface area contributed by atoms with Gasteiger partial charge in [0.25, 0.3) is 0 Å². The number of carbonyl (C=O) groups excluding carboxylic acids is 2. The van der Waals surface area contributed by atoms with Crippen molar-refractivity contribution in [2.45, 2.75) is 224 Å². The lowest BCUT2D eigenvalue weighted by Gasteiger charge is -2.48. The van der Waals surface area contributed by atoms with Crippen LogP contribution in [0.2, 0.25) is 0 Å². The Morgan fingerprint density at radius 3 is 2.08 bits per heavy atom. The summed E-state index contributed by atoms with van der Waals surface area (Å²) in [5, 5.41) is 59.8. The quantitative estimate of drug-likeness (QED) is 0.0832. The normalized spacial score (nSPS) is 42.5. The summed E-state index contributed by atoms with van der Waals surface area (Å²) in [5.41, 5.74) is -4.73. The van der Waals surface area contributed by atoms with E-state index in [4.69, 9.17) is 28.4 Å². The van der Waals surface area contributed by atoms with Gasteiger partial charge in [-0.2, -0.15) is 0 Å². The van der Waals surface area contributed by atoms with Gasteiger partial charge >= 0.3 is 5.97 Å². The minimum atomic E-state index is -1.98. The van der Waals surface area contributed by atoms with Crippen molar-refractivity contribution in [3.05, 3.63) is 0 Å². The summed E-state index contributed by atoms with van der Waals surface area (Å²) in [6, 6.07) is -1.21. The minimum absolute atomic E-state index is 0.0882. The molecule has 5 N–H and O–H groups in total. The summed E-state index contributed by atoms with van der Waals surface area (Å²) >= 11 is 0. The van der Waals surface area contributed by atoms with Crippen LogP contribution in [0.15, 0.2) is 0 Å². The van der Waals surface area contributed by atoms with Gasteiger partial charge in [-0.25, -0.2) is 0 Å². The molecule has 1 amide bonds. The van der Waals surface area contributed by atoms with Gasteiger partial charge in [-0.1, -0.05) is 33.6 Å². The number of aliphatic hydroxyl groups excluding tert-OH is 3. The molecule has 15 nitrogen and oxygen atoms in total.